The first kappa shape index (κ1) is 22.1. The molecule has 0 radical (unpaired) electrons. The van der Waals surface area contributed by atoms with Crippen molar-refractivity contribution >= 4 is 22.4 Å². The molecule has 1 fully saturated rings. The molecule has 0 heterocycles. The van der Waals surface area contributed by atoms with Crippen molar-refractivity contribution in [2.45, 2.75) is 97.3 Å². The highest BCUT2D eigenvalue weighted by molar-refractivity contribution is 6.74. The van der Waals surface area contributed by atoms with Gasteiger partial charge in [0.1, 0.15) is 5.78 Å². The van der Waals surface area contributed by atoms with E-state index >= 15 is 0 Å². The van der Waals surface area contributed by atoms with E-state index in [1.807, 2.05) is 0 Å². The fourth-order valence-corrected chi connectivity index (χ4v) is 4.99. The van der Waals surface area contributed by atoms with Crippen LogP contribution in [0.3, 0.4) is 0 Å². The largest absolute Gasteiger partial charge is 0.416 e. The van der Waals surface area contributed by atoms with Gasteiger partial charge < -0.3 is 8.85 Å². The Labute approximate surface area is 152 Å². The molecule has 3 atom stereocenters. The van der Waals surface area contributed by atoms with Gasteiger partial charge in [-0.3, -0.25) is 4.79 Å². The standard InChI is InChI=1S/C19H40O3Si2/c1-14-15(13-21-23(8,9)18(2,3)4)16(20)12-17(14)22-24(10,11)19(5,6)7/h14-15,17H,12-13H2,1-11H3/t14-,15+,17+/m1/s1. The van der Waals surface area contributed by atoms with Crippen molar-refractivity contribution < 1.29 is 13.6 Å². The third kappa shape index (κ3) is 4.80. The van der Waals surface area contributed by atoms with E-state index in [2.05, 4.69) is 74.7 Å². The van der Waals surface area contributed by atoms with Crippen LogP contribution in [0.5, 0.6) is 0 Å². The van der Waals surface area contributed by atoms with Crippen molar-refractivity contribution in [1.82, 2.24) is 0 Å². The third-order valence-electron chi connectivity index (χ3n) is 6.72. The van der Waals surface area contributed by atoms with Crippen LogP contribution in [-0.4, -0.2) is 35.1 Å². The summed E-state index contributed by atoms with van der Waals surface area (Å²) in [4.78, 5) is 12.6. The fraction of sp³-hybridized carbons (Fsp3) is 0.947. The lowest BCUT2D eigenvalue weighted by molar-refractivity contribution is -0.122. The molecule has 0 aliphatic heterocycles. The normalized spacial score (nSPS) is 27.0. The molecular formula is C19H40O3Si2. The van der Waals surface area contributed by atoms with E-state index in [0.717, 1.165) is 0 Å². The van der Waals surface area contributed by atoms with Crippen LogP contribution in [0.2, 0.25) is 36.3 Å². The summed E-state index contributed by atoms with van der Waals surface area (Å²) in [6.07, 6.45) is 0.616. The van der Waals surface area contributed by atoms with E-state index in [-0.39, 0.29) is 28.0 Å². The summed E-state index contributed by atoms with van der Waals surface area (Å²) in [6.45, 7) is 25.2. The maximum Gasteiger partial charge on any atom is 0.192 e. The van der Waals surface area contributed by atoms with Crippen LogP contribution in [0.15, 0.2) is 0 Å². The smallest absolute Gasteiger partial charge is 0.192 e. The second kappa shape index (κ2) is 6.97. The topological polar surface area (TPSA) is 35.5 Å². The molecule has 5 heteroatoms. The van der Waals surface area contributed by atoms with Crippen molar-refractivity contribution in [3.8, 4) is 0 Å². The highest BCUT2D eigenvalue weighted by Gasteiger charge is 2.47. The van der Waals surface area contributed by atoms with Gasteiger partial charge in [0.15, 0.2) is 16.6 Å². The average Bonchev–Trinajstić information content (AvgIpc) is 2.59. The lowest BCUT2D eigenvalue weighted by Crippen LogP contribution is -2.45. The van der Waals surface area contributed by atoms with Crippen LogP contribution in [0, 0.1) is 11.8 Å². The SMILES string of the molecule is C[C@H]1[C@@H](O[Si](C)(C)C(C)(C)C)CC(=O)[C@H]1CO[Si](C)(C)C(C)(C)C. The van der Waals surface area contributed by atoms with Gasteiger partial charge in [-0.05, 0) is 42.2 Å². The molecule has 0 bridgehead atoms. The Balaban J connectivity index is 2.76. The Kier molecular flexibility index (Phi) is 6.41. The fourth-order valence-electron chi connectivity index (χ4n) is 2.55. The minimum atomic E-state index is -1.84. The summed E-state index contributed by atoms with van der Waals surface area (Å²) in [7, 11) is -3.66. The van der Waals surface area contributed by atoms with Crippen molar-refractivity contribution in [3.05, 3.63) is 0 Å². The van der Waals surface area contributed by atoms with Gasteiger partial charge in [-0.25, -0.2) is 0 Å². The predicted molar refractivity (Wildman–Crippen MR) is 107 cm³/mol. The first-order valence-corrected chi connectivity index (χ1v) is 15.2. The second-order valence-corrected chi connectivity index (χ2v) is 20.2. The van der Waals surface area contributed by atoms with Crippen LogP contribution in [-0.2, 0) is 13.6 Å². The zero-order chi connectivity index (χ0) is 19.1. The predicted octanol–water partition coefficient (Wildman–Crippen LogP) is 5.62. The minimum Gasteiger partial charge on any atom is -0.416 e. The van der Waals surface area contributed by atoms with Crippen LogP contribution in [0.25, 0.3) is 0 Å². The van der Waals surface area contributed by atoms with E-state index in [1.165, 1.54) is 0 Å². The first-order chi connectivity index (χ1) is 10.5. The van der Waals surface area contributed by atoms with Crippen molar-refractivity contribution in [2.24, 2.45) is 11.8 Å². The van der Waals surface area contributed by atoms with E-state index in [9.17, 15) is 4.79 Å². The van der Waals surface area contributed by atoms with Crippen molar-refractivity contribution in [2.75, 3.05) is 6.61 Å². The van der Waals surface area contributed by atoms with Gasteiger partial charge in [0.25, 0.3) is 0 Å². The number of carbonyl (C=O) groups excluding carboxylic acids is 1. The summed E-state index contributed by atoms with van der Waals surface area (Å²) in [5, 5.41) is 0.348. The molecule has 1 aliphatic rings. The molecular weight excluding hydrogens is 332 g/mol. The van der Waals surface area contributed by atoms with Crippen LogP contribution in [0.4, 0.5) is 0 Å². The molecule has 0 spiro atoms. The first-order valence-electron chi connectivity index (χ1n) is 9.34. The Morgan fingerprint density at radius 1 is 0.958 bits per heavy atom. The lowest BCUT2D eigenvalue weighted by Gasteiger charge is -2.40. The summed E-state index contributed by atoms with van der Waals surface area (Å²) in [6, 6.07) is 0. The third-order valence-corrected chi connectivity index (χ3v) is 15.7. The molecule has 1 aliphatic carbocycles. The Hall–Kier alpha value is 0.0238. The van der Waals surface area contributed by atoms with E-state index in [4.69, 9.17) is 8.85 Å². The second-order valence-electron chi connectivity index (χ2n) is 10.6. The van der Waals surface area contributed by atoms with E-state index in [0.29, 0.717) is 18.8 Å². The Morgan fingerprint density at radius 2 is 1.42 bits per heavy atom. The highest BCUT2D eigenvalue weighted by atomic mass is 28.4. The van der Waals surface area contributed by atoms with Crippen LogP contribution >= 0.6 is 0 Å². The van der Waals surface area contributed by atoms with Gasteiger partial charge in [0.05, 0.1) is 6.10 Å². The zero-order valence-corrected chi connectivity index (χ0v) is 19.9. The maximum absolute atomic E-state index is 12.6. The molecule has 0 aromatic heterocycles. The zero-order valence-electron chi connectivity index (χ0n) is 17.9. The van der Waals surface area contributed by atoms with Gasteiger partial charge in [-0.2, -0.15) is 0 Å². The van der Waals surface area contributed by atoms with Gasteiger partial charge in [0, 0.05) is 18.9 Å². The summed E-state index contributed by atoms with van der Waals surface area (Å²) >= 11 is 0. The molecule has 24 heavy (non-hydrogen) atoms. The molecule has 0 aromatic carbocycles. The molecule has 1 saturated carbocycles. The monoisotopic (exact) mass is 372 g/mol. The minimum absolute atomic E-state index is 0.00565. The van der Waals surface area contributed by atoms with E-state index in [1.54, 1.807) is 0 Å². The van der Waals surface area contributed by atoms with Gasteiger partial charge in [-0.15, -0.1) is 0 Å². The summed E-state index contributed by atoms with van der Waals surface area (Å²) in [5.74, 6) is 0.565. The quantitative estimate of drug-likeness (QED) is 0.587. The molecule has 142 valence electrons. The molecule has 0 saturated heterocycles. The molecule has 0 unspecified atom stereocenters. The number of carbonyl (C=O) groups is 1. The molecule has 0 aromatic rings. The number of hydrogen-bond donors (Lipinski definition) is 0. The lowest BCUT2D eigenvalue weighted by atomic mass is 9.98. The average molecular weight is 373 g/mol. The molecule has 0 N–H and O–H groups in total. The van der Waals surface area contributed by atoms with Gasteiger partial charge in [0.2, 0.25) is 0 Å². The summed E-state index contributed by atoms with van der Waals surface area (Å²) < 4.78 is 12.9. The number of Topliss-reactive ketones (excluding diaryl/α,β-unsaturated/α-hetero) is 1. The van der Waals surface area contributed by atoms with Crippen LogP contribution in [0.1, 0.15) is 54.9 Å². The maximum atomic E-state index is 12.6. The Bertz CT molecular complexity index is 458. The number of ketones is 1. The Morgan fingerprint density at radius 3 is 1.83 bits per heavy atom. The van der Waals surface area contributed by atoms with Gasteiger partial charge >= 0.3 is 0 Å². The number of rotatable bonds is 5. The van der Waals surface area contributed by atoms with Crippen molar-refractivity contribution in [1.29, 1.82) is 0 Å². The number of hydrogen-bond acceptors (Lipinski definition) is 3. The molecule has 1 rings (SSSR count). The van der Waals surface area contributed by atoms with E-state index < -0.39 is 16.6 Å². The highest BCUT2D eigenvalue weighted by Crippen LogP contribution is 2.42. The molecule has 3 nitrogen and oxygen atoms in total. The van der Waals surface area contributed by atoms with Crippen LogP contribution < -0.4 is 0 Å². The van der Waals surface area contributed by atoms with Crippen molar-refractivity contribution in [3.63, 3.8) is 0 Å². The van der Waals surface area contributed by atoms with Gasteiger partial charge in [-0.1, -0.05) is 48.5 Å². The molecule has 0 amide bonds. The summed E-state index contributed by atoms with van der Waals surface area (Å²) in [5.41, 5.74) is 0.